The predicted octanol–water partition coefficient (Wildman–Crippen LogP) is 5.55. The topological polar surface area (TPSA) is 56.3 Å². The van der Waals surface area contributed by atoms with E-state index in [1.54, 1.807) is 14.2 Å². The van der Waals surface area contributed by atoms with Crippen LogP contribution < -0.4 is 14.8 Å². The molecule has 146 valence electrons. The van der Waals surface area contributed by atoms with Gasteiger partial charge in [-0.25, -0.2) is 9.97 Å². The van der Waals surface area contributed by atoms with Crippen LogP contribution in [0.2, 0.25) is 0 Å². The molecule has 3 aromatic rings. The molecule has 0 saturated carbocycles. The summed E-state index contributed by atoms with van der Waals surface area (Å²) in [7, 11) is 3.25. The number of anilines is 1. The number of fused-ring (bicyclic) bond motifs is 1. The molecule has 0 fully saturated rings. The van der Waals surface area contributed by atoms with Crippen molar-refractivity contribution in [3.05, 3.63) is 59.4 Å². The first kappa shape index (κ1) is 19.7. The first-order chi connectivity index (χ1) is 13.5. The number of nitrogens with one attached hydrogen (secondary N) is 1. The molecule has 1 unspecified atom stereocenters. The molecule has 0 spiro atoms. The largest absolute Gasteiger partial charge is 0.493 e. The average molecular weight is 377 g/mol. The van der Waals surface area contributed by atoms with Crippen LogP contribution in [0.4, 0.5) is 5.82 Å². The molecule has 2 aromatic carbocycles. The van der Waals surface area contributed by atoms with E-state index < -0.39 is 0 Å². The lowest BCUT2D eigenvalue weighted by atomic mass is 10.0. The van der Waals surface area contributed by atoms with Crippen LogP contribution in [-0.2, 0) is 0 Å². The fraction of sp³-hybridized carbons (Fsp3) is 0.304. The highest BCUT2D eigenvalue weighted by Gasteiger charge is 2.15. The third-order valence-electron chi connectivity index (χ3n) is 4.94. The minimum absolute atomic E-state index is 0.0789. The molecule has 0 bridgehead atoms. The van der Waals surface area contributed by atoms with Crippen molar-refractivity contribution in [1.29, 1.82) is 0 Å². The van der Waals surface area contributed by atoms with Gasteiger partial charge in [0.2, 0.25) is 0 Å². The Labute approximate surface area is 166 Å². The Hall–Kier alpha value is -3.08. The van der Waals surface area contributed by atoms with Crippen molar-refractivity contribution >= 4 is 22.3 Å². The van der Waals surface area contributed by atoms with Crippen LogP contribution in [0.5, 0.6) is 11.5 Å². The van der Waals surface area contributed by atoms with Crippen molar-refractivity contribution in [3.8, 4) is 11.5 Å². The zero-order valence-corrected chi connectivity index (χ0v) is 17.3. The Kier molecular flexibility index (Phi) is 5.83. The monoisotopic (exact) mass is 377 g/mol. The van der Waals surface area contributed by atoms with E-state index >= 15 is 0 Å². The molecule has 0 radical (unpaired) electrons. The van der Waals surface area contributed by atoms with Gasteiger partial charge in [0.15, 0.2) is 11.5 Å². The summed E-state index contributed by atoms with van der Waals surface area (Å²) in [5.41, 5.74) is 4.50. The highest BCUT2D eigenvalue weighted by molar-refractivity contribution is 5.92. The van der Waals surface area contributed by atoms with Crippen LogP contribution in [-0.4, -0.2) is 24.2 Å². The smallest absolute Gasteiger partial charge is 0.162 e. The van der Waals surface area contributed by atoms with Crippen molar-refractivity contribution in [2.24, 2.45) is 0 Å². The fourth-order valence-corrected chi connectivity index (χ4v) is 3.19. The van der Waals surface area contributed by atoms with E-state index in [1.165, 1.54) is 16.7 Å². The Balaban J connectivity index is 2.02. The van der Waals surface area contributed by atoms with E-state index in [9.17, 15) is 0 Å². The summed E-state index contributed by atoms with van der Waals surface area (Å²) in [6.45, 7) is 8.20. The lowest BCUT2D eigenvalue weighted by Crippen LogP contribution is -2.10. The first-order valence-electron chi connectivity index (χ1n) is 9.37. The van der Waals surface area contributed by atoms with Crippen LogP contribution >= 0.6 is 0 Å². The normalized spacial score (nSPS) is 12.7. The molecule has 3 rings (SSSR count). The minimum atomic E-state index is 0.0789. The highest BCUT2D eigenvalue weighted by atomic mass is 16.5. The first-order valence-corrected chi connectivity index (χ1v) is 9.37. The maximum absolute atomic E-state index is 5.46. The van der Waals surface area contributed by atoms with Gasteiger partial charge in [-0.05, 0) is 56.5 Å². The number of hydrogen-bond acceptors (Lipinski definition) is 5. The van der Waals surface area contributed by atoms with Crippen molar-refractivity contribution in [1.82, 2.24) is 9.97 Å². The summed E-state index contributed by atoms with van der Waals surface area (Å²) in [4.78, 5) is 9.20. The van der Waals surface area contributed by atoms with E-state index in [0.717, 1.165) is 16.7 Å². The third-order valence-corrected chi connectivity index (χ3v) is 4.94. The molecule has 1 atom stereocenters. The lowest BCUT2D eigenvalue weighted by molar-refractivity contribution is 0.356. The second-order valence-corrected chi connectivity index (χ2v) is 6.81. The molecule has 0 aliphatic rings. The molecular weight excluding hydrogens is 350 g/mol. The number of hydrogen-bond donors (Lipinski definition) is 1. The number of allylic oxidation sites excluding steroid dienone is 2. The van der Waals surface area contributed by atoms with Gasteiger partial charge in [-0.2, -0.15) is 0 Å². The van der Waals surface area contributed by atoms with E-state index in [-0.39, 0.29) is 6.04 Å². The van der Waals surface area contributed by atoms with Gasteiger partial charge in [0.05, 0.1) is 19.7 Å². The van der Waals surface area contributed by atoms with Crippen molar-refractivity contribution in [3.63, 3.8) is 0 Å². The molecule has 1 aromatic heterocycles. The standard InChI is InChI=1S/C23H27N3O2/c1-7-14(2)17-9-8-10-18(11-17)15(3)24-23-19-12-21(27-5)22(28-6)13-20(19)25-16(4)26-23/h7-13,15H,1-6H3,(H,24,25,26)/b14-7+. The van der Waals surface area contributed by atoms with Gasteiger partial charge < -0.3 is 14.8 Å². The summed E-state index contributed by atoms with van der Waals surface area (Å²) in [6.07, 6.45) is 2.12. The maximum atomic E-state index is 5.46. The lowest BCUT2D eigenvalue weighted by Gasteiger charge is -2.18. The zero-order valence-electron chi connectivity index (χ0n) is 17.3. The molecule has 0 aliphatic carbocycles. The van der Waals surface area contributed by atoms with Gasteiger partial charge >= 0.3 is 0 Å². The van der Waals surface area contributed by atoms with Crippen LogP contribution in [0.3, 0.4) is 0 Å². The molecule has 5 nitrogen and oxygen atoms in total. The second-order valence-electron chi connectivity index (χ2n) is 6.81. The van der Waals surface area contributed by atoms with Gasteiger partial charge in [-0.15, -0.1) is 0 Å². The van der Waals surface area contributed by atoms with Crippen LogP contribution in [0, 0.1) is 6.92 Å². The van der Waals surface area contributed by atoms with Gasteiger partial charge in [0.1, 0.15) is 11.6 Å². The van der Waals surface area contributed by atoms with Gasteiger partial charge in [-0.1, -0.05) is 24.3 Å². The Morgan fingerprint density at radius 3 is 2.46 bits per heavy atom. The highest BCUT2D eigenvalue weighted by Crippen LogP contribution is 2.35. The third kappa shape index (κ3) is 3.93. The Morgan fingerprint density at radius 2 is 1.79 bits per heavy atom. The number of methoxy groups -OCH3 is 2. The maximum Gasteiger partial charge on any atom is 0.162 e. The molecule has 1 heterocycles. The molecule has 0 amide bonds. The van der Waals surface area contributed by atoms with E-state index in [0.29, 0.717) is 17.3 Å². The average Bonchev–Trinajstić information content (AvgIpc) is 2.72. The summed E-state index contributed by atoms with van der Waals surface area (Å²) < 4.78 is 10.9. The second kappa shape index (κ2) is 8.30. The SMILES string of the molecule is C/C=C(\C)c1cccc(C(C)Nc2nc(C)nc3cc(OC)c(OC)cc23)c1. The molecule has 0 aliphatic heterocycles. The number of benzene rings is 2. The number of nitrogens with zero attached hydrogens (tertiary/aromatic N) is 2. The van der Waals surface area contributed by atoms with Crippen molar-refractivity contribution < 1.29 is 9.47 Å². The molecule has 1 N–H and O–H groups in total. The number of aromatic nitrogens is 2. The fourth-order valence-electron chi connectivity index (χ4n) is 3.19. The van der Waals surface area contributed by atoms with Crippen LogP contribution in [0.15, 0.2) is 42.5 Å². The Morgan fingerprint density at radius 1 is 1.07 bits per heavy atom. The predicted molar refractivity (Wildman–Crippen MR) is 115 cm³/mol. The van der Waals surface area contributed by atoms with Crippen molar-refractivity contribution in [2.75, 3.05) is 19.5 Å². The zero-order chi connectivity index (χ0) is 20.3. The van der Waals surface area contributed by atoms with Crippen molar-refractivity contribution in [2.45, 2.75) is 33.7 Å². The van der Waals surface area contributed by atoms with E-state index in [1.807, 2.05) is 19.1 Å². The number of rotatable bonds is 6. The minimum Gasteiger partial charge on any atom is -0.493 e. The Bertz CT molecular complexity index is 1030. The molecular formula is C23H27N3O2. The van der Waals surface area contributed by atoms with Gasteiger partial charge in [0, 0.05) is 17.5 Å². The summed E-state index contributed by atoms with van der Waals surface area (Å²) in [5.74, 6) is 2.79. The van der Waals surface area contributed by atoms with E-state index in [2.05, 4.69) is 66.4 Å². The molecule has 0 saturated heterocycles. The van der Waals surface area contributed by atoms with Crippen LogP contribution in [0.25, 0.3) is 16.5 Å². The summed E-state index contributed by atoms with van der Waals surface area (Å²) in [6, 6.07) is 12.4. The summed E-state index contributed by atoms with van der Waals surface area (Å²) in [5, 5.41) is 4.45. The molecule has 28 heavy (non-hydrogen) atoms. The van der Waals surface area contributed by atoms with E-state index in [4.69, 9.17) is 9.47 Å². The van der Waals surface area contributed by atoms with Gasteiger partial charge in [0.25, 0.3) is 0 Å². The number of aryl methyl sites for hydroxylation is 1. The molecule has 5 heteroatoms. The van der Waals surface area contributed by atoms with Crippen LogP contribution in [0.1, 0.15) is 43.8 Å². The summed E-state index contributed by atoms with van der Waals surface area (Å²) >= 11 is 0. The quantitative estimate of drug-likeness (QED) is 0.610. The number of ether oxygens (including phenoxy) is 2. The van der Waals surface area contributed by atoms with Gasteiger partial charge in [-0.3, -0.25) is 0 Å².